The second kappa shape index (κ2) is 7.74. The van der Waals surface area contributed by atoms with Crippen LogP contribution in [0.15, 0.2) is 42.5 Å². The van der Waals surface area contributed by atoms with Crippen LogP contribution in [0.2, 0.25) is 0 Å². The van der Waals surface area contributed by atoms with Gasteiger partial charge in [0.25, 0.3) is 5.91 Å². The fraction of sp³-hybridized carbons (Fsp3) is 0.278. The molecule has 0 aromatic heterocycles. The Bertz CT molecular complexity index is 735. The number of nitrogens with one attached hydrogen (secondary N) is 1. The van der Waals surface area contributed by atoms with Gasteiger partial charge in [-0.15, -0.1) is 0 Å². The van der Waals surface area contributed by atoms with Crippen LogP contribution in [-0.2, 0) is 4.79 Å². The third-order valence-corrected chi connectivity index (χ3v) is 4.53. The first-order valence-electron chi connectivity index (χ1n) is 7.70. The van der Waals surface area contributed by atoms with Gasteiger partial charge in [-0.25, -0.2) is 0 Å². The van der Waals surface area contributed by atoms with Gasteiger partial charge in [-0.3, -0.25) is 4.79 Å². The molecule has 0 bridgehead atoms. The van der Waals surface area contributed by atoms with E-state index in [4.69, 9.17) is 14.2 Å². The average molecular weight is 439 g/mol. The molecule has 24 heavy (non-hydrogen) atoms. The van der Waals surface area contributed by atoms with Crippen molar-refractivity contribution in [2.24, 2.45) is 0 Å². The highest BCUT2D eigenvalue weighted by atomic mass is 127. The van der Waals surface area contributed by atoms with E-state index in [0.29, 0.717) is 19.0 Å². The summed E-state index contributed by atoms with van der Waals surface area (Å²) in [6, 6.07) is 13.2. The molecule has 1 aliphatic rings. The number of hydrogen-bond acceptors (Lipinski definition) is 4. The molecule has 2 aromatic rings. The van der Waals surface area contributed by atoms with Crippen LogP contribution in [0.5, 0.6) is 17.2 Å². The van der Waals surface area contributed by atoms with Crippen molar-refractivity contribution in [1.29, 1.82) is 0 Å². The summed E-state index contributed by atoms with van der Waals surface area (Å²) in [5.74, 6) is 2.00. The molecule has 1 atom stereocenters. The minimum atomic E-state index is -0.169. The Morgan fingerprint density at radius 1 is 1.21 bits per heavy atom. The topological polar surface area (TPSA) is 56.8 Å². The minimum absolute atomic E-state index is 0.0189. The molecule has 1 N–H and O–H groups in total. The van der Waals surface area contributed by atoms with E-state index in [1.807, 2.05) is 49.4 Å². The number of carbonyl (C=O) groups excluding carboxylic acids is 1. The summed E-state index contributed by atoms with van der Waals surface area (Å²) in [5.41, 5.74) is 0.960. The Morgan fingerprint density at radius 3 is 2.75 bits per heavy atom. The van der Waals surface area contributed by atoms with Crippen molar-refractivity contribution in [1.82, 2.24) is 5.32 Å². The van der Waals surface area contributed by atoms with Crippen molar-refractivity contribution in [3.63, 3.8) is 0 Å². The van der Waals surface area contributed by atoms with Gasteiger partial charge in [0.15, 0.2) is 18.1 Å². The highest BCUT2D eigenvalue weighted by Gasteiger charge is 2.16. The molecule has 5 nitrogen and oxygen atoms in total. The summed E-state index contributed by atoms with van der Waals surface area (Å²) in [6.07, 6.45) is 0. The number of carbonyl (C=O) groups is 1. The van der Waals surface area contributed by atoms with E-state index >= 15 is 0 Å². The lowest BCUT2D eigenvalue weighted by atomic mass is 10.1. The summed E-state index contributed by atoms with van der Waals surface area (Å²) >= 11 is 2.18. The lowest BCUT2D eigenvalue weighted by Gasteiger charge is -2.21. The van der Waals surface area contributed by atoms with Crippen LogP contribution in [-0.4, -0.2) is 25.7 Å². The van der Waals surface area contributed by atoms with Crippen molar-refractivity contribution in [3.05, 3.63) is 51.6 Å². The third-order valence-electron chi connectivity index (χ3n) is 3.64. The van der Waals surface area contributed by atoms with Gasteiger partial charge < -0.3 is 19.5 Å². The SMILES string of the molecule is CC(NC(=O)COc1ccccc1I)c1ccc2c(c1)OCCO2. The van der Waals surface area contributed by atoms with E-state index in [-0.39, 0.29) is 18.6 Å². The van der Waals surface area contributed by atoms with E-state index in [9.17, 15) is 4.79 Å². The maximum absolute atomic E-state index is 12.1. The number of hydrogen-bond donors (Lipinski definition) is 1. The van der Waals surface area contributed by atoms with Crippen molar-refractivity contribution >= 4 is 28.5 Å². The van der Waals surface area contributed by atoms with E-state index in [0.717, 1.165) is 20.6 Å². The van der Waals surface area contributed by atoms with Gasteiger partial charge in [-0.2, -0.15) is 0 Å². The lowest BCUT2D eigenvalue weighted by molar-refractivity contribution is -0.123. The van der Waals surface area contributed by atoms with Gasteiger partial charge in [0, 0.05) is 0 Å². The maximum atomic E-state index is 12.1. The fourth-order valence-electron chi connectivity index (χ4n) is 2.40. The van der Waals surface area contributed by atoms with Crippen molar-refractivity contribution in [3.8, 4) is 17.2 Å². The number of ether oxygens (including phenoxy) is 3. The predicted molar refractivity (Wildman–Crippen MR) is 98.6 cm³/mol. The number of amides is 1. The van der Waals surface area contributed by atoms with E-state index in [1.54, 1.807) is 0 Å². The standard InChI is InChI=1S/C18H18INO4/c1-12(13-6-7-16-17(10-13)23-9-8-22-16)20-18(21)11-24-15-5-3-2-4-14(15)19/h2-7,10,12H,8-9,11H2,1H3,(H,20,21). The van der Waals surface area contributed by atoms with E-state index in [1.165, 1.54) is 0 Å². The molecular weight excluding hydrogens is 421 g/mol. The average Bonchev–Trinajstić information content (AvgIpc) is 2.60. The number of benzene rings is 2. The highest BCUT2D eigenvalue weighted by Crippen LogP contribution is 2.32. The maximum Gasteiger partial charge on any atom is 0.258 e. The molecule has 6 heteroatoms. The molecule has 126 valence electrons. The Morgan fingerprint density at radius 2 is 1.96 bits per heavy atom. The van der Waals surface area contributed by atoms with Crippen molar-refractivity contribution < 1.29 is 19.0 Å². The van der Waals surface area contributed by atoms with Crippen LogP contribution in [0.1, 0.15) is 18.5 Å². The van der Waals surface area contributed by atoms with Crippen LogP contribution in [0.3, 0.4) is 0 Å². The van der Waals surface area contributed by atoms with Crippen molar-refractivity contribution in [2.75, 3.05) is 19.8 Å². The Balaban J connectivity index is 1.57. The molecular formula is C18H18INO4. The molecule has 3 rings (SSSR count). The van der Waals surface area contributed by atoms with Crippen LogP contribution in [0.25, 0.3) is 0 Å². The van der Waals surface area contributed by atoms with Gasteiger partial charge in [0.1, 0.15) is 19.0 Å². The summed E-state index contributed by atoms with van der Waals surface area (Å²) in [5, 5.41) is 2.93. The van der Waals surface area contributed by atoms with E-state index < -0.39 is 0 Å². The summed E-state index contributed by atoms with van der Waals surface area (Å²) in [6.45, 7) is 3.01. The van der Waals surface area contributed by atoms with Gasteiger partial charge in [-0.05, 0) is 59.3 Å². The second-order valence-electron chi connectivity index (χ2n) is 5.41. The molecule has 1 amide bonds. The molecule has 0 spiro atoms. The van der Waals surface area contributed by atoms with Crippen LogP contribution < -0.4 is 19.5 Å². The third kappa shape index (κ3) is 4.11. The van der Waals surface area contributed by atoms with Crippen LogP contribution >= 0.6 is 22.6 Å². The molecule has 0 radical (unpaired) electrons. The summed E-state index contributed by atoms with van der Waals surface area (Å²) in [7, 11) is 0. The predicted octanol–water partition coefficient (Wildman–Crippen LogP) is 3.32. The quantitative estimate of drug-likeness (QED) is 0.727. The largest absolute Gasteiger partial charge is 0.486 e. The molecule has 0 saturated heterocycles. The van der Waals surface area contributed by atoms with Gasteiger partial charge >= 0.3 is 0 Å². The smallest absolute Gasteiger partial charge is 0.258 e. The Kier molecular flexibility index (Phi) is 5.44. The van der Waals surface area contributed by atoms with E-state index in [2.05, 4.69) is 27.9 Å². The first-order valence-corrected chi connectivity index (χ1v) is 8.77. The van der Waals surface area contributed by atoms with Gasteiger partial charge in [0.05, 0.1) is 9.61 Å². The minimum Gasteiger partial charge on any atom is -0.486 e. The first kappa shape index (κ1) is 16.9. The molecule has 2 aromatic carbocycles. The zero-order valence-corrected chi connectivity index (χ0v) is 15.4. The monoisotopic (exact) mass is 439 g/mol. The molecule has 1 heterocycles. The molecule has 1 aliphatic heterocycles. The fourth-order valence-corrected chi connectivity index (χ4v) is 2.94. The number of fused-ring (bicyclic) bond motifs is 1. The van der Waals surface area contributed by atoms with Crippen LogP contribution in [0, 0.1) is 3.57 Å². The second-order valence-corrected chi connectivity index (χ2v) is 6.57. The Hall–Kier alpha value is -1.96. The molecule has 0 saturated carbocycles. The molecule has 0 aliphatic carbocycles. The number of rotatable bonds is 5. The first-order chi connectivity index (χ1) is 11.6. The normalized spacial score (nSPS) is 13.9. The van der Waals surface area contributed by atoms with Gasteiger partial charge in [-0.1, -0.05) is 18.2 Å². The Labute approximate surface area is 154 Å². The lowest BCUT2D eigenvalue weighted by Crippen LogP contribution is -2.31. The van der Waals surface area contributed by atoms with Crippen LogP contribution in [0.4, 0.5) is 0 Å². The van der Waals surface area contributed by atoms with Crippen molar-refractivity contribution in [2.45, 2.75) is 13.0 Å². The van der Waals surface area contributed by atoms with Gasteiger partial charge in [0.2, 0.25) is 0 Å². The molecule has 0 fully saturated rings. The molecule has 1 unspecified atom stereocenters. The number of halogens is 1. The summed E-state index contributed by atoms with van der Waals surface area (Å²) in [4.78, 5) is 12.1. The zero-order valence-electron chi connectivity index (χ0n) is 13.3. The zero-order chi connectivity index (χ0) is 16.9. The highest BCUT2D eigenvalue weighted by molar-refractivity contribution is 14.1. The summed E-state index contributed by atoms with van der Waals surface area (Å²) < 4.78 is 17.6. The number of para-hydroxylation sites is 1.